The zero-order chi connectivity index (χ0) is 17.0. The van der Waals surface area contributed by atoms with Gasteiger partial charge in [-0.05, 0) is 25.3 Å². The van der Waals surface area contributed by atoms with Gasteiger partial charge in [-0.25, -0.2) is 9.97 Å². The molecule has 0 aromatic carbocycles. The normalized spacial score (nSPS) is 19.0. The maximum Gasteiger partial charge on any atom is 0.238 e. The van der Waals surface area contributed by atoms with Crippen molar-refractivity contribution >= 4 is 17.8 Å². The molecular formula is C17H25N5O2. The minimum atomic E-state index is -0.793. The van der Waals surface area contributed by atoms with Crippen molar-refractivity contribution < 1.29 is 9.59 Å². The van der Waals surface area contributed by atoms with E-state index in [4.69, 9.17) is 0 Å². The van der Waals surface area contributed by atoms with Crippen LogP contribution in [0.15, 0.2) is 18.5 Å². The summed E-state index contributed by atoms with van der Waals surface area (Å²) in [7, 11) is 0. The average Bonchev–Trinajstić information content (AvgIpc) is 3.44. The quantitative estimate of drug-likeness (QED) is 0.617. The maximum absolute atomic E-state index is 12.8. The Kier molecular flexibility index (Phi) is 4.97. The first-order valence-electron chi connectivity index (χ1n) is 8.77. The molecule has 0 radical (unpaired) electrons. The molecule has 1 aliphatic heterocycles. The lowest BCUT2D eigenvalue weighted by Crippen LogP contribution is -2.53. The van der Waals surface area contributed by atoms with Crippen molar-refractivity contribution in [1.82, 2.24) is 20.2 Å². The first-order chi connectivity index (χ1) is 11.7. The van der Waals surface area contributed by atoms with Gasteiger partial charge in [0.2, 0.25) is 17.8 Å². The molecule has 1 saturated heterocycles. The van der Waals surface area contributed by atoms with E-state index in [1.165, 1.54) is 0 Å². The molecule has 3 rings (SSSR count). The van der Waals surface area contributed by atoms with Crippen LogP contribution in [0.3, 0.4) is 0 Å². The van der Waals surface area contributed by atoms with Crippen molar-refractivity contribution in [3.05, 3.63) is 18.5 Å². The molecule has 0 spiro atoms. The second-order valence-electron chi connectivity index (χ2n) is 6.52. The predicted molar refractivity (Wildman–Crippen MR) is 90.4 cm³/mol. The first-order valence-corrected chi connectivity index (χ1v) is 8.77. The summed E-state index contributed by atoms with van der Waals surface area (Å²) in [5.41, 5.74) is -0.793. The third kappa shape index (κ3) is 3.34. The molecule has 24 heavy (non-hydrogen) atoms. The van der Waals surface area contributed by atoms with Gasteiger partial charge in [-0.15, -0.1) is 0 Å². The molecule has 2 aliphatic rings. The van der Waals surface area contributed by atoms with Gasteiger partial charge in [0.05, 0.1) is 0 Å². The van der Waals surface area contributed by atoms with Crippen LogP contribution in [-0.4, -0.2) is 59.4 Å². The van der Waals surface area contributed by atoms with Gasteiger partial charge in [-0.1, -0.05) is 13.3 Å². The third-order valence-corrected chi connectivity index (χ3v) is 4.81. The molecule has 1 N–H and O–H groups in total. The van der Waals surface area contributed by atoms with Crippen LogP contribution in [0, 0.1) is 5.41 Å². The Balaban J connectivity index is 1.54. The lowest BCUT2D eigenvalue weighted by atomic mass is 10.0. The summed E-state index contributed by atoms with van der Waals surface area (Å²) in [6.45, 7) is 5.36. The first kappa shape index (κ1) is 16.7. The molecule has 7 heteroatoms. The largest absolute Gasteiger partial charge is 0.355 e. The van der Waals surface area contributed by atoms with Crippen LogP contribution in [0.1, 0.15) is 32.6 Å². The summed E-state index contributed by atoms with van der Waals surface area (Å²) in [5, 5.41) is 2.92. The number of piperazine rings is 1. The van der Waals surface area contributed by atoms with E-state index in [-0.39, 0.29) is 11.8 Å². The zero-order valence-corrected chi connectivity index (χ0v) is 14.2. The van der Waals surface area contributed by atoms with Crippen LogP contribution < -0.4 is 10.2 Å². The van der Waals surface area contributed by atoms with E-state index >= 15 is 0 Å². The number of amides is 2. The third-order valence-electron chi connectivity index (χ3n) is 4.81. The van der Waals surface area contributed by atoms with E-state index in [2.05, 4.69) is 27.1 Å². The number of unbranched alkanes of at least 4 members (excludes halogenated alkanes) is 1. The van der Waals surface area contributed by atoms with Crippen LogP contribution in [0.2, 0.25) is 0 Å². The molecule has 1 saturated carbocycles. The number of nitrogens with one attached hydrogen (secondary N) is 1. The van der Waals surface area contributed by atoms with Crippen LogP contribution in [0.4, 0.5) is 5.95 Å². The Bertz CT molecular complexity index is 580. The van der Waals surface area contributed by atoms with Crippen molar-refractivity contribution in [3.8, 4) is 0 Å². The molecule has 0 unspecified atom stereocenters. The number of carbonyl (C=O) groups excluding carboxylic acids is 2. The van der Waals surface area contributed by atoms with Crippen molar-refractivity contribution in [3.63, 3.8) is 0 Å². The number of anilines is 1. The van der Waals surface area contributed by atoms with Crippen molar-refractivity contribution in [2.24, 2.45) is 5.41 Å². The smallest absolute Gasteiger partial charge is 0.238 e. The summed E-state index contributed by atoms with van der Waals surface area (Å²) in [4.78, 5) is 37.6. The highest BCUT2D eigenvalue weighted by Crippen LogP contribution is 2.47. The number of carbonyl (C=O) groups is 2. The van der Waals surface area contributed by atoms with Crippen molar-refractivity contribution in [2.45, 2.75) is 32.6 Å². The highest BCUT2D eigenvalue weighted by Gasteiger charge is 2.58. The second kappa shape index (κ2) is 7.15. The molecule has 0 bridgehead atoms. The van der Waals surface area contributed by atoms with E-state index in [9.17, 15) is 9.59 Å². The van der Waals surface area contributed by atoms with Crippen LogP contribution in [0.25, 0.3) is 0 Å². The molecular weight excluding hydrogens is 306 g/mol. The minimum absolute atomic E-state index is 0.00914. The highest BCUT2D eigenvalue weighted by molar-refractivity contribution is 6.07. The average molecular weight is 331 g/mol. The molecule has 2 amide bonds. The number of aromatic nitrogens is 2. The van der Waals surface area contributed by atoms with E-state index < -0.39 is 5.41 Å². The van der Waals surface area contributed by atoms with Crippen LogP contribution >= 0.6 is 0 Å². The number of nitrogens with zero attached hydrogens (tertiary/aromatic N) is 4. The Morgan fingerprint density at radius 3 is 2.42 bits per heavy atom. The lowest BCUT2D eigenvalue weighted by molar-refractivity contribution is -0.144. The Morgan fingerprint density at radius 2 is 1.83 bits per heavy atom. The topological polar surface area (TPSA) is 78.4 Å². The van der Waals surface area contributed by atoms with Gasteiger partial charge in [0.1, 0.15) is 5.41 Å². The number of rotatable bonds is 6. The van der Waals surface area contributed by atoms with Gasteiger partial charge in [-0.2, -0.15) is 0 Å². The van der Waals surface area contributed by atoms with Crippen LogP contribution in [0.5, 0.6) is 0 Å². The fourth-order valence-corrected chi connectivity index (χ4v) is 3.08. The summed E-state index contributed by atoms with van der Waals surface area (Å²) >= 11 is 0. The maximum atomic E-state index is 12.8. The van der Waals surface area contributed by atoms with E-state index in [1.807, 2.05) is 4.90 Å². The van der Waals surface area contributed by atoms with Gasteiger partial charge in [0.15, 0.2) is 0 Å². The van der Waals surface area contributed by atoms with E-state index in [0.29, 0.717) is 51.5 Å². The van der Waals surface area contributed by atoms with E-state index in [0.717, 1.165) is 12.8 Å². The zero-order valence-electron chi connectivity index (χ0n) is 14.2. The molecule has 130 valence electrons. The molecule has 1 aromatic rings. The molecule has 2 fully saturated rings. The summed E-state index contributed by atoms with van der Waals surface area (Å²) in [5.74, 6) is 0.600. The summed E-state index contributed by atoms with van der Waals surface area (Å²) in [6.07, 6.45) is 6.77. The molecule has 7 nitrogen and oxygen atoms in total. The summed E-state index contributed by atoms with van der Waals surface area (Å²) < 4.78 is 0. The standard InChI is InChI=1S/C17H25N5O2/c1-2-3-7-18-14(23)17(5-6-17)15(24)21-10-12-22(13-11-21)16-19-8-4-9-20-16/h4,8-9H,2-3,5-7,10-13H2,1H3,(H,18,23). The molecule has 1 aliphatic carbocycles. The van der Waals surface area contributed by atoms with Gasteiger partial charge in [-0.3, -0.25) is 9.59 Å². The fourth-order valence-electron chi connectivity index (χ4n) is 3.08. The minimum Gasteiger partial charge on any atom is -0.355 e. The Morgan fingerprint density at radius 1 is 1.17 bits per heavy atom. The predicted octanol–water partition coefficient (Wildman–Crippen LogP) is 0.822. The van der Waals surface area contributed by atoms with Gasteiger partial charge >= 0.3 is 0 Å². The van der Waals surface area contributed by atoms with Crippen molar-refractivity contribution in [2.75, 3.05) is 37.6 Å². The van der Waals surface area contributed by atoms with E-state index in [1.54, 1.807) is 18.5 Å². The number of hydrogen-bond acceptors (Lipinski definition) is 5. The van der Waals surface area contributed by atoms with Gasteiger partial charge in [0, 0.05) is 45.1 Å². The van der Waals surface area contributed by atoms with Crippen LogP contribution in [-0.2, 0) is 9.59 Å². The fraction of sp³-hybridized carbons (Fsp3) is 0.647. The molecule has 0 atom stereocenters. The second-order valence-corrected chi connectivity index (χ2v) is 6.52. The highest BCUT2D eigenvalue weighted by atomic mass is 16.2. The van der Waals surface area contributed by atoms with Gasteiger partial charge < -0.3 is 15.1 Å². The van der Waals surface area contributed by atoms with Gasteiger partial charge in [0.25, 0.3) is 0 Å². The summed E-state index contributed by atoms with van der Waals surface area (Å²) in [6, 6.07) is 1.79. The Hall–Kier alpha value is -2.18. The van der Waals surface area contributed by atoms with Crippen molar-refractivity contribution in [1.29, 1.82) is 0 Å². The SMILES string of the molecule is CCCCNC(=O)C1(C(=O)N2CCN(c3ncccn3)CC2)CC1. The monoisotopic (exact) mass is 331 g/mol. The molecule has 1 aromatic heterocycles. The number of hydrogen-bond donors (Lipinski definition) is 1. The Labute approximate surface area is 142 Å². The lowest BCUT2D eigenvalue weighted by Gasteiger charge is -2.36. The molecule has 2 heterocycles.